The van der Waals surface area contributed by atoms with E-state index in [-0.39, 0.29) is 5.41 Å². The minimum absolute atomic E-state index is 0.333. The molecule has 0 bridgehead atoms. The van der Waals surface area contributed by atoms with Crippen LogP contribution < -0.4 is 9.80 Å². The van der Waals surface area contributed by atoms with Gasteiger partial charge in [-0.25, -0.2) is 0 Å². The summed E-state index contributed by atoms with van der Waals surface area (Å²) in [5.41, 5.74) is 11.8. The first kappa shape index (κ1) is 32.1. The van der Waals surface area contributed by atoms with Crippen LogP contribution in [0.2, 0.25) is 0 Å². The van der Waals surface area contributed by atoms with Gasteiger partial charge in [0.2, 0.25) is 0 Å². The highest BCUT2D eigenvalue weighted by molar-refractivity contribution is 6.01. The van der Waals surface area contributed by atoms with E-state index in [2.05, 4.69) is 157 Å². The molecule has 0 atom stereocenters. The van der Waals surface area contributed by atoms with E-state index in [9.17, 15) is 9.59 Å². The van der Waals surface area contributed by atoms with Crippen LogP contribution in [0, 0.1) is 0 Å². The van der Waals surface area contributed by atoms with E-state index < -0.39 is 0 Å². The number of anilines is 6. The number of hydrogen-bond acceptors (Lipinski definition) is 4. The maximum atomic E-state index is 11.9. The summed E-state index contributed by atoms with van der Waals surface area (Å²) in [4.78, 5) is 28.4. The van der Waals surface area contributed by atoms with E-state index >= 15 is 0 Å². The molecule has 4 nitrogen and oxygen atoms in total. The van der Waals surface area contributed by atoms with Crippen LogP contribution in [-0.2, 0) is 5.41 Å². The van der Waals surface area contributed by atoms with Crippen molar-refractivity contribution < 1.29 is 9.59 Å². The fourth-order valence-corrected chi connectivity index (χ4v) is 8.13. The Bertz CT molecular complexity index is 2530. The van der Waals surface area contributed by atoms with Crippen LogP contribution in [0.4, 0.5) is 34.1 Å². The molecule has 1 aliphatic carbocycles. The third kappa shape index (κ3) is 5.39. The van der Waals surface area contributed by atoms with Crippen molar-refractivity contribution in [2.24, 2.45) is 0 Å². The van der Waals surface area contributed by atoms with E-state index in [1.165, 1.54) is 22.3 Å². The van der Waals surface area contributed by atoms with Gasteiger partial charge in [0.1, 0.15) is 12.6 Å². The zero-order valence-corrected chi connectivity index (χ0v) is 29.5. The van der Waals surface area contributed by atoms with Crippen LogP contribution in [0.1, 0.15) is 45.7 Å². The molecule has 0 aromatic heterocycles. The molecule has 0 fully saturated rings. The summed E-state index contributed by atoms with van der Waals surface area (Å²) in [6.45, 7) is 4.60. The number of carbonyl (C=O) groups is 2. The number of benzene rings is 8. The molecule has 0 N–H and O–H groups in total. The lowest BCUT2D eigenvalue weighted by Crippen LogP contribution is -2.18. The van der Waals surface area contributed by atoms with Crippen molar-refractivity contribution in [1.29, 1.82) is 0 Å². The second-order valence-corrected chi connectivity index (χ2v) is 14.2. The number of rotatable bonds is 8. The third-order valence-electron chi connectivity index (χ3n) is 10.7. The summed E-state index contributed by atoms with van der Waals surface area (Å²) >= 11 is 0. The van der Waals surface area contributed by atoms with Crippen molar-refractivity contribution in [3.05, 3.63) is 192 Å². The molecule has 0 saturated heterocycles. The Kier molecular flexibility index (Phi) is 7.74. The Balaban J connectivity index is 1.20. The van der Waals surface area contributed by atoms with Gasteiger partial charge in [-0.3, -0.25) is 9.59 Å². The van der Waals surface area contributed by atoms with Crippen molar-refractivity contribution >= 4 is 68.2 Å². The number of carbonyl (C=O) groups excluding carboxylic acids is 2. The molecular weight excluding hydrogens is 649 g/mol. The van der Waals surface area contributed by atoms with Gasteiger partial charge in [-0.1, -0.05) is 123 Å². The van der Waals surface area contributed by atoms with Crippen molar-refractivity contribution in [2.45, 2.75) is 19.3 Å². The van der Waals surface area contributed by atoms with Crippen molar-refractivity contribution in [1.82, 2.24) is 0 Å². The number of fused-ring (bicyclic) bond motifs is 5. The first-order chi connectivity index (χ1) is 25.9. The Morgan fingerprint density at radius 3 is 1.26 bits per heavy atom. The van der Waals surface area contributed by atoms with E-state index in [1.54, 1.807) is 0 Å². The van der Waals surface area contributed by atoms with E-state index in [1.807, 2.05) is 36.4 Å². The molecule has 9 rings (SSSR count). The highest BCUT2D eigenvalue weighted by Crippen LogP contribution is 2.53. The first-order valence-electron chi connectivity index (χ1n) is 17.9. The monoisotopic (exact) mass is 684 g/mol. The number of hydrogen-bond donors (Lipinski definition) is 0. The van der Waals surface area contributed by atoms with Crippen LogP contribution >= 0.6 is 0 Å². The smallest absolute Gasteiger partial charge is 0.150 e. The van der Waals surface area contributed by atoms with Crippen LogP contribution in [0.3, 0.4) is 0 Å². The van der Waals surface area contributed by atoms with Crippen molar-refractivity contribution in [2.75, 3.05) is 9.80 Å². The SMILES string of the molecule is CC1(C)c2cc(N(c3cccc(C=O)c3)c3cccc4ccccc34)ccc2-c2ccc(N(c3cccc(C=O)c3)c3cccc4ccccc34)cc21. The van der Waals surface area contributed by atoms with Gasteiger partial charge < -0.3 is 9.80 Å². The lowest BCUT2D eigenvalue weighted by molar-refractivity contribution is 0.111. The highest BCUT2D eigenvalue weighted by Gasteiger charge is 2.37. The zero-order valence-electron chi connectivity index (χ0n) is 29.5. The van der Waals surface area contributed by atoms with E-state index in [0.717, 1.165) is 68.2 Å². The molecule has 8 aromatic rings. The van der Waals surface area contributed by atoms with Gasteiger partial charge >= 0.3 is 0 Å². The van der Waals surface area contributed by atoms with Gasteiger partial charge in [-0.05, 0) is 93.7 Å². The third-order valence-corrected chi connectivity index (χ3v) is 10.7. The summed E-state index contributed by atoms with van der Waals surface area (Å²) in [6.07, 6.45) is 1.81. The topological polar surface area (TPSA) is 40.6 Å². The van der Waals surface area contributed by atoms with Crippen LogP contribution in [0.5, 0.6) is 0 Å². The van der Waals surface area contributed by atoms with Crippen LogP contribution in [0.25, 0.3) is 32.7 Å². The molecule has 8 aromatic carbocycles. The molecule has 0 heterocycles. The quantitative estimate of drug-likeness (QED) is 0.149. The summed E-state index contributed by atoms with van der Waals surface area (Å²) in [7, 11) is 0. The molecule has 1 aliphatic rings. The standard InChI is InChI=1S/C49H36N2O2/c1-49(2)45-29-39(50(37-17-7-11-33(27-37)31-52)47-21-9-15-35-13-3-5-19-41(35)47)23-25-43(45)44-26-24-40(30-46(44)49)51(38-18-8-12-34(28-38)32-53)48-22-10-16-36-14-4-6-20-42(36)48/h3-32H,1-2H3. The average molecular weight is 685 g/mol. The minimum Gasteiger partial charge on any atom is -0.310 e. The second-order valence-electron chi connectivity index (χ2n) is 14.2. The molecule has 4 heteroatoms. The molecule has 53 heavy (non-hydrogen) atoms. The highest BCUT2D eigenvalue weighted by atomic mass is 16.1. The normalized spacial score (nSPS) is 12.6. The molecule has 0 aliphatic heterocycles. The summed E-state index contributed by atoms with van der Waals surface area (Å²) in [6, 6.07) is 58.7. The molecule has 0 spiro atoms. The zero-order chi connectivity index (χ0) is 36.1. The summed E-state index contributed by atoms with van der Waals surface area (Å²) < 4.78 is 0. The Labute approximate surface area is 309 Å². The maximum absolute atomic E-state index is 11.9. The van der Waals surface area contributed by atoms with E-state index in [0.29, 0.717) is 11.1 Å². The fraction of sp³-hybridized carbons (Fsp3) is 0.0612. The average Bonchev–Trinajstić information content (AvgIpc) is 3.43. The molecule has 0 unspecified atom stereocenters. The van der Waals surface area contributed by atoms with Gasteiger partial charge in [-0.15, -0.1) is 0 Å². The predicted octanol–water partition coefficient (Wildman–Crippen LogP) is 12.9. The molecule has 0 saturated carbocycles. The minimum atomic E-state index is -0.333. The van der Waals surface area contributed by atoms with Gasteiger partial charge in [0.15, 0.2) is 0 Å². The first-order valence-corrected chi connectivity index (χ1v) is 17.9. The molecule has 0 radical (unpaired) electrons. The summed E-state index contributed by atoms with van der Waals surface area (Å²) in [5.74, 6) is 0. The van der Waals surface area contributed by atoms with Crippen LogP contribution in [0.15, 0.2) is 170 Å². The van der Waals surface area contributed by atoms with Gasteiger partial charge in [-0.2, -0.15) is 0 Å². The summed E-state index contributed by atoms with van der Waals surface area (Å²) in [5, 5.41) is 4.56. The largest absolute Gasteiger partial charge is 0.310 e. The Morgan fingerprint density at radius 1 is 0.415 bits per heavy atom. The van der Waals surface area contributed by atoms with Gasteiger partial charge in [0, 0.05) is 50.1 Å². The lowest BCUT2D eigenvalue weighted by atomic mass is 9.82. The van der Waals surface area contributed by atoms with Gasteiger partial charge in [0.05, 0.1) is 11.4 Å². The predicted molar refractivity (Wildman–Crippen MR) is 219 cm³/mol. The lowest BCUT2D eigenvalue weighted by Gasteiger charge is -2.30. The fourth-order valence-electron chi connectivity index (χ4n) is 8.13. The van der Waals surface area contributed by atoms with Gasteiger partial charge in [0.25, 0.3) is 0 Å². The van der Waals surface area contributed by atoms with Crippen LogP contribution in [-0.4, -0.2) is 12.6 Å². The van der Waals surface area contributed by atoms with Crippen molar-refractivity contribution in [3.63, 3.8) is 0 Å². The van der Waals surface area contributed by atoms with Crippen molar-refractivity contribution in [3.8, 4) is 11.1 Å². The Morgan fingerprint density at radius 2 is 0.811 bits per heavy atom. The number of nitrogens with zero attached hydrogens (tertiary/aromatic N) is 2. The molecule has 0 amide bonds. The second kappa shape index (κ2) is 12.8. The molecular formula is C49H36N2O2. The number of aldehydes is 2. The van der Waals surface area contributed by atoms with E-state index in [4.69, 9.17) is 0 Å². The molecule has 254 valence electrons. The maximum Gasteiger partial charge on any atom is 0.150 e. The Hall–Kier alpha value is -6.78.